The fourth-order valence-electron chi connectivity index (χ4n) is 1.44. The van der Waals surface area contributed by atoms with Crippen LogP contribution < -0.4 is 10.1 Å². The summed E-state index contributed by atoms with van der Waals surface area (Å²) in [7, 11) is 0. The van der Waals surface area contributed by atoms with Crippen molar-refractivity contribution in [1.82, 2.24) is 5.32 Å². The zero-order chi connectivity index (χ0) is 13.5. The molecule has 0 aliphatic carbocycles. The summed E-state index contributed by atoms with van der Waals surface area (Å²) < 4.78 is 5.52. The molecular weight excluding hydrogens is 228 g/mol. The van der Waals surface area contributed by atoms with Gasteiger partial charge in [0.05, 0.1) is 12.5 Å². The van der Waals surface area contributed by atoms with Crippen LogP contribution in [0, 0.1) is 11.3 Å². The second kappa shape index (κ2) is 6.65. The molecule has 4 nitrogen and oxygen atoms in total. The molecule has 0 heterocycles. The van der Waals surface area contributed by atoms with Crippen LogP contribution in [0.2, 0.25) is 0 Å². The summed E-state index contributed by atoms with van der Waals surface area (Å²) in [6.07, 6.45) is -0.154. The third kappa shape index (κ3) is 4.46. The molecular formula is C14H18N2O2. The number of hydrogen-bond acceptors (Lipinski definition) is 3. The van der Waals surface area contributed by atoms with Crippen molar-refractivity contribution < 1.29 is 9.53 Å². The van der Waals surface area contributed by atoms with Gasteiger partial charge in [0.25, 0.3) is 5.91 Å². The van der Waals surface area contributed by atoms with E-state index in [-0.39, 0.29) is 11.9 Å². The van der Waals surface area contributed by atoms with Gasteiger partial charge in [-0.1, -0.05) is 12.1 Å². The van der Waals surface area contributed by atoms with E-state index in [0.717, 1.165) is 5.56 Å². The molecule has 96 valence electrons. The van der Waals surface area contributed by atoms with E-state index in [1.165, 1.54) is 0 Å². The first-order valence-corrected chi connectivity index (χ1v) is 5.96. The topological polar surface area (TPSA) is 62.1 Å². The van der Waals surface area contributed by atoms with Crippen LogP contribution in [-0.2, 0) is 11.2 Å². The van der Waals surface area contributed by atoms with Crippen LogP contribution >= 0.6 is 0 Å². The van der Waals surface area contributed by atoms with Crippen LogP contribution in [0.15, 0.2) is 24.3 Å². The minimum Gasteiger partial charge on any atom is -0.481 e. The number of nitrogens with zero attached hydrogens (tertiary/aromatic N) is 1. The van der Waals surface area contributed by atoms with Crippen LogP contribution in [-0.4, -0.2) is 18.1 Å². The highest BCUT2D eigenvalue weighted by molar-refractivity contribution is 5.80. The van der Waals surface area contributed by atoms with Gasteiger partial charge in [-0.3, -0.25) is 4.79 Å². The van der Waals surface area contributed by atoms with Crippen LogP contribution in [0.5, 0.6) is 5.75 Å². The summed E-state index contributed by atoms with van der Waals surface area (Å²) in [6, 6.07) is 9.37. The van der Waals surface area contributed by atoms with E-state index in [4.69, 9.17) is 10.00 Å². The molecule has 0 saturated heterocycles. The second-order valence-electron chi connectivity index (χ2n) is 4.40. The minimum atomic E-state index is -0.533. The normalized spacial score (nSPS) is 11.7. The molecule has 1 aromatic rings. The van der Waals surface area contributed by atoms with Crippen molar-refractivity contribution in [2.24, 2.45) is 0 Å². The van der Waals surface area contributed by atoms with E-state index >= 15 is 0 Å². The maximum atomic E-state index is 11.6. The average molecular weight is 246 g/mol. The second-order valence-corrected chi connectivity index (χ2v) is 4.40. The predicted octanol–water partition coefficient (Wildman–Crippen LogP) is 2.04. The summed E-state index contributed by atoms with van der Waals surface area (Å²) in [4.78, 5) is 11.6. The van der Waals surface area contributed by atoms with Crippen molar-refractivity contribution in [1.29, 1.82) is 5.26 Å². The molecule has 0 bridgehead atoms. The Morgan fingerprint density at radius 3 is 2.44 bits per heavy atom. The number of rotatable bonds is 5. The van der Waals surface area contributed by atoms with E-state index in [0.29, 0.717) is 12.2 Å². The van der Waals surface area contributed by atoms with Crippen molar-refractivity contribution in [3.05, 3.63) is 29.8 Å². The van der Waals surface area contributed by atoms with Gasteiger partial charge in [-0.05, 0) is 38.5 Å². The minimum absolute atomic E-state index is 0.0987. The van der Waals surface area contributed by atoms with E-state index in [9.17, 15) is 4.79 Å². The van der Waals surface area contributed by atoms with E-state index in [1.807, 2.05) is 26.0 Å². The SMILES string of the molecule is CC(C)NC(=O)C(C)Oc1ccc(CC#N)cc1. The molecule has 1 unspecified atom stereocenters. The fraction of sp³-hybridized carbons (Fsp3) is 0.429. The number of nitrogens with one attached hydrogen (secondary N) is 1. The highest BCUT2D eigenvalue weighted by Gasteiger charge is 2.14. The zero-order valence-electron chi connectivity index (χ0n) is 10.9. The molecule has 0 spiro atoms. The summed E-state index contributed by atoms with van der Waals surface area (Å²) in [5, 5.41) is 11.3. The Balaban J connectivity index is 2.56. The lowest BCUT2D eigenvalue weighted by Crippen LogP contribution is -2.40. The highest BCUT2D eigenvalue weighted by Crippen LogP contribution is 2.14. The highest BCUT2D eigenvalue weighted by atomic mass is 16.5. The van der Waals surface area contributed by atoms with Gasteiger partial charge in [0.1, 0.15) is 5.75 Å². The molecule has 0 radical (unpaired) electrons. The summed E-state index contributed by atoms with van der Waals surface area (Å²) in [5.41, 5.74) is 0.934. The lowest BCUT2D eigenvalue weighted by atomic mass is 10.2. The molecule has 0 saturated carbocycles. The van der Waals surface area contributed by atoms with Crippen molar-refractivity contribution in [2.45, 2.75) is 39.3 Å². The van der Waals surface area contributed by atoms with Crippen LogP contribution in [0.4, 0.5) is 0 Å². The van der Waals surface area contributed by atoms with Crippen molar-refractivity contribution in [3.8, 4) is 11.8 Å². The van der Waals surface area contributed by atoms with Gasteiger partial charge in [-0.25, -0.2) is 0 Å². The smallest absolute Gasteiger partial charge is 0.260 e. The first-order valence-electron chi connectivity index (χ1n) is 5.96. The Morgan fingerprint density at radius 1 is 1.33 bits per heavy atom. The Kier molecular flexibility index (Phi) is 5.19. The van der Waals surface area contributed by atoms with Gasteiger partial charge in [0, 0.05) is 6.04 Å². The molecule has 18 heavy (non-hydrogen) atoms. The quantitative estimate of drug-likeness (QED) is 0.864. The first-order chi connectivity index (χ1) is 8.52. The third-order valence-corrected chi connectivity index (χ3v) is 2.32. The van der Waals surface area contributed by atoms with Crippen LogP contribution in [0.25, 0.3) is 0 Å². The molecule has 0 fully saturated rings. The van der Waals surface area contributed by atoms with Crippen molar-refractivity contribution in [2.75, 3.05) is 0 Å². The molecule has 1 amide bonds. The van der Waals surface area contributed by atoms with Gasteiger partial charge in [-0.2, -0.15) is 5.26 Å². The molecule has 1 aromatic carbocycles. The molecule has 0 aromatic heterocycles. The van der Waals surface area contributed by atoms with E-state index in [1.54, 1.807) is 19.1 Å². The van der Waals surface area contributed by atoms with Gasteiger partial charge in [0.15, 0.2) is 6.10 Å². The number of nitriles is 1. The summed E-state index contributed by atoms with van der Waals surface area (Å²) in [5.74, 6) is 0.495. The van der Waals surface area contributed by atoms with Gasteiger partial charge in [0.2, 0.25) is 0 Å². The Bertz CT molecular complexity index is 432. The number of carbonyl (C=O) groups excluding carboxylic acids is 1. The summed E-state index contributed by atoms with van der Waals surface area (Å²) in [6.45, 7) is 5.52. The lowest BCUT2D eigenvalue weighted by Gasteiger charge is -2.16. The van der Waals surface area contributed by atoms with E-state index < -0.39 is 6.10 Å². The number of amides is 1. The molecule has 4 heteroatoms. The molecule has 0 aliphatic rings. The first kappa shape index (κ1) is 14.0. The van der Waals surface area contributed by atoms with Gasteiger partial charge in [-0.15, -0.1) is 0 Å². The monoisotopic (exact) mass is 246 g/mol. The molecule has 0 aliphatic heterocycles. The Morgan fingerprint density at radius 2 is 1.94 bits per heavy atom. The van der Waals surface area contributed by atoms with Crippen molar-refractivity contribution in [3.63, 3.8) is 0 Å². The van der Waals surface area contributed by atoms with Gasteiger partial charge >= 0.3 is 0 Å². The lowest BCUT2D eigenvalue weighted by molar-refractivity contribution is -0.127. The number of carbonyl (C=O) groups is 1. The maximum absolute atomic E-state index is 11.6. The largest absolute Gasteiger partial charge is 0.481 e. The zero-order valence-corrected chi connectivity index (χ0v) is 10.9. The third-order valence-electron chi connectivity index (χ3n) is 2.32. The molecule has 1 N–H and O–H groups in total. The standard InChI is InChI=1S/C14H18N2O2/c1-10(2)16-14(17)11(3)18-13-6-4-12(5-7-13)8-9-15/h4-7,10-11H,8H2,1-3H3,(H,16,17). The van der Waals surface area contributed by atoms with E-state index in [2.05, 4.69) is 11.4 Å². The number of ether oxygens (including phenoxy) is 1. The maximum Gasteiger partial charge on any atom is 0.260 e. The van der Waals surface area contributed by atoms with Crippen LogP contribution in [0.1, 0.15) is 26.3 Å². The number of hydrogen-bond donors (Lipinski definition) is 1. The van der Waals surface area contributed by atoms with Crippen molar-refractivity contribution >= 4 is 5.91 Å². The average Bonchev–Trinajstić information content (AvgIpc) is 2.31. The fourth-order valence-corrected chi connectivity index (χ4v) is 1.44. The Hall–Kier alpha value is -2.02. The van der Waals surface area contributed by atoms with Crippen LogP contribution in [0.3, 0.4) is 0 Å². The molecule has 1 atom stereocenters. The summed E-state index contributed by atoms with van der Waals surface area (Å²) >= 11 is 0. The Labute approximate surface area is 108 Å². The number of benzene rings is 1. The molecule has 1 rings (SSSR count). The van der Waals surface area contributed by atoms with Gasteiger partial charge < -0.3 is 10.1 Å². The predicted molar refractivity (Wildman–Crippen MR) is 69.1 cm³/mol.